The SMILES string of the molecule is Cc1csc(N2CC(n3cc(C(N)=O)cn3)C2)n1. The fourth-order valence-electron chi connectivity index (χ4n) is 1.93. The number of hydrogen-bond donors (Lipinski definition) is 1. The first-order valence-electron chi connectivity index (χ1n) is 5.64. The van der Waals surface area contributed by atoms with Gasteiger partial charge in [0.05, 0.1) is 23.5 Å². The van der Waals surface area contributed by atoms with Gasteiger partial charge in [0.15, 0.2) is 5.13 Å². The zero-order chi connectivity index (χ0) is 12.7. The molecule has 0 aromatic carbocycles. The number of aryl methyl sites for hydroxylation is 1. The van der Waals surface area contributed by atoms with Crippen LogP contribution in [-0.2, 0) is 0 Å². The van der Waals surface area contributed by atoms with Crippen LogP contribution in [0.1, 0.15) is 22.1 Å². The van der Waals surface area contributed by atoms with Crippen molar-refractivity contribution in [3.63, 3.8) is 0 Å². The highest BCUT2D eigenvalue weighted by molar-refractivity contribution is 7.13. The summed E-state index contributed by atoms with van der Waals surface area (Å²) < 4.78 is 1.80. The lowest BCUT2D eigenvalue weighted by Crippen LogP contribution is -2.48. The van der Waals surface area contributed by atoms with E-state index in [0.29, 0.717) is 11.6 Å². The van der Waals surface area contributed by atoms with Crippen molar-refractivity contribution in [2.45, 2.75) is 13.0 Å². The number of anilines is 1. The molecule has 2 N–H and O–H groups in total. The van der Waals surface area contributed by atoms with E-state index in [4.69, 9.17) is 5.73 Å². The third kappa shape index (κ3) is 1.86. The van der Waals surface area contributed by atoms with Gasteiger partial charge >= 0.3 is 0 Å². The fraction of sp³-hybridized carbons (Fsp3) is 0.364. The third-order valence-corrected chi connectivity index (χ3v) is 4.02. The molecule has 0 spiro atoms. The predicted molar refractivity (Wildman–Crippen MR) is 68.8 cm³/mol. The molecule has 18 heavy (non-hydrogen) atoms. The highest BCUT2D eigenvalue weighted by Crippen LogP contribution is 2.29. The first kappa shape index (κ1) is 11.2. The molecule has 1 aliphatic heterocycles. The molecule has 3 heterocycles. The number of nitrogens with zero attached hydrogens (tertiary/aromatic N) is 4. The lowest BCUT2D eigenvalue weighted by atomic mass is 10.1. The average Bonchev–Trinajstić information content (AvgIpc) is 2.86. The number of thiazole rings is 1. The maximum Gasteiger partial charge on any atom is 0.251 e. The second-order valence-corrected chi connectivity index (χ2v) is 5.24. The summed E-state index contributed by atoms with van der Waals surface area (Å²) in [6.07, 6.45) is 3.22. The maximum atomic E-state index is 11.0. The van der Waals surface area contributed by atoms with Gasteiger partial charge in [0, 0.05) is 24.7 Å². The molecule has 0 aliphatic carbocycles. The van der Waals surface area contributed by atoms with E-state index in [2.05, 4.69) is 15.0 Å². The van der Waals surface area contributed by atoms with Crippen LogP contribution in [0.5, 0.6) is 0 Å². The molecule has 1 fully saturated rings. The molecule has 2 aromatic heterocycles. The van der Waals surface area contributed by atoms with Gasteiger partial charge in [-0.1, -0.05) is 0 Å². The third-order valence-electron chi connectivity index (χ3n) is 3.00. The molecule has 7 heteroatoms. The molecule has 6 nitrogen and oxygen atoms in total. The maximum absolute atomic E-state index is 11.0. The Morgan fingerprint density at radius 2 is 2.33 bits per heavy atom. The van der Waals surface area contributed by atoms with Gasteiger partial charge in [-0.2, -0.15) is 5.10 Å². The smallest absolute Gasteiger partial charge is 0.251 e. The number of amides is 1. The van der Waals surface area contributed by atoms with Crippen LogP contribution in [0.2, 0.25) is 0 Å². The van der Waals surface area contributed by atoms with Crippen LogP contribution < -0.4 is 10.6 Å². The number of rotatable bonds is 3. The first-order valence-corrected chi connectivity index (χ1v) is 6.52. The zero-order valence-corrected chi connectivity index (χ0v) is 10.7. The van der Waals surface area contributed by atoms with Gasteiger partial charge in [-0.05, 0) is 6.92 Å². The molecule has 2 aromatic rings. The number of nitrogens with two attached hydrogens (primary N) is 1. The van der Waals surface area contributed by atoms with E-state index in [9.17, 15) is 4.79 Å². The highest BCUT2D eigenvalue weighted by Gasteiger charge is 2.30. The topological polar surface area (TPSA) is 77.0 Å². The summed E-state index contributed by atoms with van der Waals surface area (Å²) in [7, 11) is 0. The molecule has 94 valence electrons. The minimum atomic E-state index is -0.437. The van der Waals surface area contributed by atoms with E-state index in [1.165, 1.54) is 6.20 Å². The Labute approximate surface area is 108 Å². The Hall–Kier alpha value is -1.89. The van der Waals surface area contributed by atoms with Crippen molar-refractivity contribution in [1.29, 1.82) is 0 Å². The summed E-state index contributed by atoms with van der Waals surface area (Å²) in [5.41, 5.74) is 6.70. The summed E-state index contributed by atoms with van der Waals surface area (Å²) in [4.78, 5) is 17.6. The largest absolute Gasteiger partial charge is 0.366 e. The van der Waals surface area contributed by atoms with Gasteiger partial charge in [-0.15, -0.1) is 11.3 Å². The molecule has 0 unspecified atom stereocenters. The zero-order valence-electron chi connectivity index (χ0n) is 9.91. The van der Waals surface area contributed by atoms with Gasteiger partial charge in [0.2, 0.25) is 0 Å². The molecular weight excluding hydrogens is 250 g/mol. The average molecular weight is 263 g/mol. The summed E-state index contributed by atoms with van der Waals surface area (Å²) in [6, 6.07) is 0.294. The van der Waals surface area contributed by atoms with Crippen LogP contribution in [0.3, 0.4) is 0 Å². The molecule has 1 aliphatic rings. The first-order chi connectivity index (χ1) is 8.63. The fourth-order valence-corrected chi connectivity index (χ4v) is 2.75. The van der Waals surface area contributed by atoms with Crippen molar-refractivity contribution in [3.05, 3.63) is 29.0 Å². The molecule has 0 saturated carbocycles. The van der Waals surface area contributed by atoms with Crippen molar-refractivity contribution in [1.82, 2.24) is 14.8 Å². The molecule has 1 saturated heterocycles. The second-order valence-electron chi connectivity index (χ2n) is 4.40. The van der Waals surface area contributed by atoms with Gasteiger partial charge in [0.1, 0.15) is 0 Å². The molecule has 0 atom stereocenters. The summed E-state index contributed by atoms with van der Waals surface area (Å²) >= 11 is 1.65. The number of primary amides is 1. The van der Waals surface area contributed by atoms with Crippen LogP contribution in [0.25, 0.3) is 0 Å². The number of aromatic nitrogens is 3. The van der Waals surface area contributed by atoms with Gasteiger partial charge < -0.3 is 10.6 Å². The van der Waals surface area contributed by atoms with Crippen molar-refractivity contribution in [3.8, 4) is 0 Å². The normalized spacial score (nSPS) is 15.7. The van der Waals surface area contributed by atoms with Crippen LogP contribution in [0.15, 0.2) is 17.8 Å². The molecule has 0 radical (unpaired) electrons. The van der Waals surface area contributed by atoms with Crippen LogP contribution in [-0.4, -0.2) is 33.8 Å². The standard InChI is InChI=1S/C11H13N5OS/c1-7-6-18-11(14-7)15-4-9(5-15)16-3-8(2-13-16)10(12)17/h2-3,6,9H,4-5H2,1H3,(H2,12,17). The quantitative estimate of drug-likeness (QED) is 0.889. The minimum absolute atomic E-state index is 0.294. The Bertz CT molecular complexity index is 584. The van der Waals surface area contributed by atoms with Crippen molar-refractivity contribution in [2.75, 3.05) is 18.0 Å². The van der Waals surface area contributed by atoms with Crippen LogP contribution in [0.4, 0.5) is 5.13 Å². The monoisotopic (exact) mass is 263 g/mol. The molecular formula is C11H13N5OS. The molecule has 1 amide bonds. The van der Waals surface area contributed by atoms with Crippen LogP contribution in [0, 0.1) is 6.92 Å². The summed E-state index contributed by atoms with van der Waals surface area (Å²) in [6.45, 7) is 3.73. The Morgan fingerprint density at radius 3 is 2.89 bits per heavy atom. The van der Waals surface area contributed by atoms with Crippen molar-refractivity contribution >= 4 is 22.4 Å². The second kappa shape index (κ2) is 4.09. The van der Waals surface area contributed by atoms with E-state index in [1.807, 2.05) is 12.3 Å². The lowest BCUT2D eigenvalue weighted by Gasteiger charge is -2.38. The summed E-state index contributed by atoms with van der Waals surface area (Å²) in [5.74, 6) is -0.437. The van der Waals surface area contributed by atoms with Gasteiger partial charge in [-0.3, -0.25) is 9.48 Å². The van der Waals surface area contributed by atoms with Crippen molar-refractivity contribution in [2.24, 2.45) is 5.73 Å². The van der Waals surface area contributed by atoms with Crippen molar-refractivity contribution < 1.29 is 4.79 Å². The molecule has 0 bridgehead atoms. The Morgan fingerprint density at radius 1 is 1.56 bits per heavy atom. The molecule has 3 rings (SSSR count). The van der Waals surface area contributed by atoms with Crippen LogP contribution >= 0.6 is 11.3 Å². The minimum Gasteiger partial charge on any atom is -0.366 e. The number of carbonyl (C=O) groups is 1. The summed E-state index contributed by atoms with van der Waals surface area (Å²) in [5, 5.41) is 7.26. The van der Waals surface area contributed by atoms with E-state index >= 15 is 0 Å². The van der Waals surface area contributed by atoms with E-state index in [1.54, 1.807) is 22.2 Å². The van der Waals surface area contributed by atoms with Gasteiger partial charge in [0.25, 0.3) is 5.91 Å². The number of hydrogen-bond acceptors (Lipinski definition) is 5. The lowest BCUT2D eigenvalue weighted by molar-refractivity contribution is 0.1000. The highest BCUT2D eigenvalue weighted by atomic mass is 32.1. The number of carbonyl (C=O) groups excluding carboxylic acids is 1. The van der Waals surface area contributed by atoms with E-state index in [-0.39, 0.29) is 0 Å². The van der Waals surface area contributed by atoms with E-state index < -0.39 is 5.91 Å². The van der Waals surface area contributed by atoms with Gasteiger partial charge in [-0.25, -0.2) is 4.98 Å². The Kier molecular flexibility index (Phi) is 2.55. The predicted octanol–water partition coefficient (Wildman–Crippen LogP) is 0.808. The van der Waals surface area contributed by atoms with E-state index in [0.717, 1.165) is 23.9 Å². The Balaban J connectivity index is 1.66.